The molecule has 254 valence electrons. The molecule has 2 aromatic carbocycles. The molecule has 1 aliphatic heterocycles. The normalized spacial score (nSPS) is 31.8. The molecule has 0 radical (unpaired) electrons. The maximum absolute atomic E-state index is 12.0. The number of hydrogen-bond acceptors (Lipinski definition) is 7. The van der Waals surface area contributed by atoms with E-state index in [0.29, 0.717) is 18.4 Å². The van der Waals surface area contributed by atoms with Crippen molar-refractivity contribution in [2.45, 2.75) is 63.3 Å². The van der Waals surface area contributed by atoms with E-state index in [1.807, 2.05) is 31.1 Å². The predicted molar refractivity (Wildman–Crippen MR) is 181 cm³/mol. The fourth-order valence-corrected chi connectivity index (χ4v) is 10.8. The van der Waals surface area contributed by atoms with E-state index < -0.39 is 24.3 Å². The van der Waals surface area contributed by atoms with Gasteiger partial charge in [0, 0.05) is 12.0 Å². The Bertz CT molecular complexity index is 1940. The molecular weight excluding hydrogens is 620 g/mol. The third kappa shape index (κ3) is 4.15. The first-order valence-electron chi connectivity index (χ1n) is 17.5. The number of aliphatic hydroxyl groups is 1. The lowest BCUT2D eigenvalue weighted by molar-refractivity contribution is -0.143. The molecule has 6 aliphatic rings. The van der Waals surface area contributed by atoms with Crippen LogP contribution in [0.5, 0.6) is 0 Å². The number of carboxylic acid groups (broad SMARTS) is 1. The van der Waals surface area contributed by atoms with E-state index >= 15 is 0 Å². The number of carbonyl (C=O) groups excluding carboxylic acids is 1. The molecule has 6 fully saturated rings. The van der Waals surface area contributed by atoms with Crippen molar-refractivity contribution in [3.05, 3.63) is 72.6 Å². The molecular formula is C38H42N6O5. The molecule has 1 amide bonds. The summed E-state index contributed by atoms with van der Waals surface area (Å²) in [6, 6.07) is 16.3. The molecule has 5 aliphatic carbocycles. The summed E-state index contributed by atoms with van der Waals surface area (Å²) in [6.07, 6.45) is 6.27. The predicted octanol–water partition coefficient (Wildman–Crippen LogP) is 5.58. The fourth-order valence-electron chi connectivity index (χ4n) is 10.8. The summed E-state index contributed by atoms with van der Waals surface area (Å²) >= 11 is 0. The Morgan fingerprint density at radius 2 is 1.59 bits per heavy atom. The van der Waals surface area contributed by atoms with Gasteiger partial charge in [0.05, 0.1) is 48.9 Å². The largest absolute Gasteiger partial charge is 0.481 e. The number of methoxy groups -OCH3 is 1. The van der Waals surface area contributed by atoms with E-state index in [1.54, 1.807) is 0 Å². The first kappa shape index (κ1) is 30.6. The number of aromatic nitrogens is 4. The van der Waals surface area contributed by atoms with Gasteiger partial charge in [-0.1, -0.05) is 62.4 Å². The van der Waals surface area contributed by atoms with E-state index in [1.165, 1.54) is 7.11 Å². The van der Waals surface area contributed by atoms with Crippen LogP contribution in [0.4, 0.5) is 4.79 Å². The fraction of sp³-hybridized carbons (Fsp3) is 0.474. The van der Waals surface area contributed by atoms with E-state index in [9.17, 15) is 19.8 Å². The number of likely N-dealkylation sites (tertiary alicyclic amines) is 1. The van der Waals surface area contributed by atoms with Gasteiger partial charge in [-0.15, -0.1) is 0 Å². The molecule has 49 heavy (non-hydrogen) atoms. The van der Waals surface area contributed by atoms with Gasteiger partial charge in [0.2, 0.25) is 0 Å². The van der Waals surface area contributed by atoms with E-state index in [2.05, 4.69) is 63.8 Å². The molecule has 2 aromatic heterocycles. The molecule has 11 heteroatoms. The minimum Gasteiger partial charge on any atom is -0.481 e. The van der Waals surface area contributed by atoms with Gasteiger partial charge >= 0.3 is 12.1 Å². The molecule has 11 nitrogen and oxygen atoms in total. The Hall–Kier alpha value is -4.48. The third-order valence-corrected chi connectivity index (χ3v) is 12.9. The van der Waals surface area contributed by atoms with Crippen LogP contribution in [0.15, 0.2) is 60.9 Å². The number of aromatic amines is 2. The smallest absolute Gasteiger partial charge is 0.407 e. The Kier molecular flexibility index (Phi) is 6.71. The maximum atomic E-state index is 12.0. The lowest BCUT2D eigenvalue weighted by Crippen LogP contribution is -2.54. The first-order chi connectivity index (χ1) is 23.7. The monoisotopic (exact) mass is 662 g/mol. The highest BCUT2D eigenvalue weighted by Gasteiger charge is 3.06. The second-order valence-corrected chi connectivity index (χ2v) is 15.1. The zero-order chi connectivity index (χ0) is 33.8. The molecule has 2 unspecified atom stereocenters. The number of ether oxygens (including phenoxy) is 1. The van der Waals surface area contributed by atoms with Crippen LogP contribution < -0.4 is 5.32 Å². The van der Waals surface area contributed by atoms with Gasteiger partial charge in [0.1, 0.15) is 17.9 Å². The van der Waals surface area contributed by atoms with E-state index in [0.717, 1.165) is 71.0 Å². The molecule has 3 heterocycles. The van der Waals surface area contributed by atoms with Crippen LogP contribution in [0.2, 0.25) is 0 Å². The number of aliphatic carboxylic acids is 1. The van der Waals surface area contributed by atoms with E-state index in [4.69, 9.17) is 14.7 Å². The number of imidazole rings is 2. The number of amides is 1. The van der Waals surface area contributed by atoms with Gasteiger partial charge in [0.25, 0.3) is 0 Å². The Balaban J connectivity index is 0.875. The van der Waals surface area contributed by atoms with Crippen LogP contribution in [0, 0.1) is 35.0 Å². The quantitative estimate of drug-likeness (QED) is 0.147. The zero-order valence-corrected chi connectivity index (χ0v) is 27.9. The lowest BCUT2D eigenvalue weighted by atomic mass is 9.86. The Labute approximate surface area is 284 Å². The average molecular weight is 663 g/mol. The van der Waals surface area contributed by atoms with Crippen LogP contribution in [0.25, 0.3) is 33.6 Å². The minimum absolute atomic E-state index is 0.00772. The lowest BCUT2D eigenvalue weighted by Gasteiger charge is -2.35. The first-order valence-corrected chi connectivity index (χ1v) is 17.5. The van der Waals surface area contributed by atoms with E-state index in [-0.39, 0.29) is 34.6 Å². The Morgan fingerprint density at radius 3 is 2.18 bits per heavy atom. The molecule has 1 saturated heterocycles. The van der Waals surface area contributed by atoms with Gasteiger partial charge in [-0.2, -0.15) is 0 Å². The van der Waals surface area contributed by atoms with Gasteiger partial charge in [0.15, 0.2) is 0 Å². The molecule has 4 bridgehead atoms. The number of aliphatic hydroxyl groups excluding tert-OH is 1. The SMILES string of the molecule is COC(=O)N[C@@H](C(C)C)C(O)N1CCC[C@H]1c1ncc(-c2ccc(-c3ccc(-c4cnc([C@]56C7[C@H]8[C@H](C(=O)O)[C@@H]5CC[C@@]786)[nH]4)cc3)cc2)[nH]1. The number of hydrogen-bond donors (Lipinski definition) is 5. The second kappa shape index (κ2) is 10.8. The molecule has 4 aromatic rings. The van der Waals surface area contributed by atoms with Crippen LogP contribution >= 0.6 is 0 Å². The van der Waals surface area contributed by atoms with Crippen LogP contribution in [-0.4, -0.2) is 73.0 Å². The number of carbonyl (C=O) groups is 2. The molecule has 5 saturated carbocycles. The summed E-state index contributed by atoms with van der Waals surface area (Å²) in [6.45, 7) is 4.64. The van der Waals surface area contributed by atoms with Crippen molar-refractivity contribution in [1.82, 2.24) is 30.2 Å². The van der Waals surface area contributed by atoms with Crippen LogP contribution in [0.1, 0.15) is 57.2 Å². The van der Waals surface area contributed by atoms with Gasteiger partial charge in [-0.05, 0) is 77.0 Å². The zero-order valence-electron chi connectivity index (χ0n) is 27.9. The summed E-state index contributed by atoms with van der Waals surface area (Å²) in [4.78, 5) is 42.6. The van der Waals surface area contributed by atoms with Gasteiger partial charge in [-0.3, -0.25) is 9.69 Å². The molecule has 5 N–H and O–H groups in total. The van der Waals surface area contributed by atoms with Crippen molar-refractivity contribution >= 4 is 12.1 Å². The van der Waals surface area contributed by atoms with Crippen molar-refractivity contribution < 1.29 is 24.5 Å². The van der Waals surface area contributed by atoms with Gasteiger partial charge in [-0.25, -0.2) is 14.8 Å². The van der Waals surface area contributed by atoms with Crippen LogP contribution in [-0.2, 0) is 14.9 Å². The second-order valence-electron chi connectivity index (χ2n) is 15.1. The van der Waals surface area contributed by atoms with Crippen molar-refractivity contribution in [3.8, 4) is 33.6 Å². The highest BCUT2D eigenvalue weighted by atomic mass is 16.5. The number of alkyl carbamates (subject to hydrolysis) is 1. The number of H-pyrrole nitrogens is 2. The summed E-state index contributed by atoms with van der Waals surface area (Å²) in [7, 11) is 1.32. The average Bonchev–Trinajstić information content (AvgIpc) is 3.62. The van der Waals surface area contributed by atoms with Crippen LogP contribution in [0.3, 0.4) is 0 Å². The summed E-state index contributed by atoms with van der Waals surface area (Å²) < 4.78 is 4.79. The highest BCUT2D eigenvalue weighted by Crippen LogP contribution is 3.05. The van der Waals surface area contributed by atoms with Crippen molar-refractivity contribution in [1.29, 1.82) is 0 Å². The standard InChI is InChI=1S/C38H42N6O5/c1-19(2)30(43-36(48)49-3)33(45)44-16-4-5-27(44)32-39-17-25(41-32)22-10-6-20(7-11-22)21-8-12-23(13-9-21)26-18-40-35(42-26)38-24-14-15-37(38)29(31(37)38)28(24)34(46)47/h6-13,17-19,24,27-31,33,45H,4-5,14-16H2,1-3H3,(H,39,41)(H,40,42)(H,43,48)(H,46,47)/t24-,27-,28+,29+,30-,31?,33?,37-,38+/m0/s1. The maximum Gasteiger partial charge on any atom is 0.407 e. The van der Waals surface area contributed by atoms with Crippen molar-refractivity contribution in [3.63, 3.8) is 0 Å². The number of nitrogens with one attached hydrogen (secondary N) is 3. The molecule has 10 rings (SSSR count). The Morgan fingerprint density at radius 1 is 0.959 bits per heavy atom. The number of nitrogens with zero attached hydrogens (tertiary/aromatic N) is 3. The van der Waals surface area contributed by atoms with Crippen molar-refractivity contribution in [2.75, 3.05) is 13.7 Å². The number of rotatable bonds is 10. The summed E-state index contributed by atoms with van der Waals surface area (Å²) in [5, 5.41) is 23.9. The minimum atomic E-state index is -0.874. The summed E-state index contributed by atoms with van der Waals surface area (Å²) in [5.41, 5.74) is 6.38. The summed E-state index contributed by atoms with van der Waals surface area (Å²) in [5.74, 6) is 2.11. The number of carboxylic acids is 1. The highest BCUT2D eigenvalue weighted by molar-refractivity contribution is 5.79. The topological polar surface area (TPSA) is 156 Å². The number of benzene rings is 2. The van der Waals surface area contributed by atoms with Gasteiger partial charge < -0.3 is 30.2 Å². The molecule has 1 spiro atoms. The molecule has 9 atom stereocenters. The van der Waals surface area contributed by atoms with Crippen molar-refractivity contribution in [2.24, 2.45) is 35.0 Å². The third-order valence-electron chi connectivity index (χ3n) is 12.9.